The Labute approximate surface area is 276 Å². The van der Waals surface area contributed by atoms with Gasteiger partial charge in [-0.3, -0.25) is 0 Å². The molecule has 0 aromatic carbocycles. The van der Waals surface area contributed by atoms with Crippen LogP contribution in [0.5, 0.6) is 0 Å². The van der Waals surface area contributed by atoms with E-state index in [0.717, 1.165) is 63.4 Å². The molecule has 3 heterocycles. The normalized spacial score (nSPS) is 54.7. The fourth-order valence-electron chi connectivity index (χ4n) is 11.3. The molecule has 7 aliphatic rings. The van der Waals surface area contributed by atoms with Gasteiger partial charge in [0, 0.05) is 17.9 Å². The van der Waals surface area contributed by atoms with Gasteiger partial charge in [0.25, 0.3) is 0 Å². The summed E-state index contributed by atoms with van der Waals surface area (Å²) >= 11 is 0. The van der Waals surface area contributed by atoms with Gasteiger partial charge in [-0.15, -0.1) is 0 Å². The third-order valence-electron chi connectivity index (χ3n) is 14.1. The highest BCUT2D eigenvalue weighted by atomic mass is 16.7. The van der Waals surface area contributed by atoms with Gasteiger partial charge in [0.15, 0.2) is 12.6 Å². The molecule has 6 fully saturated rings. The van der Waals surface area contributed by atoms with Crippen molar-refractivity contribution < 1.29 is 59.1 Å². The van der Waals surface area contributed by atoms with Gasteiger partial charge >= 0.3 is 5.97 Å². The van der Waals surface area contributed by atoms with Crippen molar-refractivity contribution in [3.63, 3.8) is 0 Å². The lowest BCUT2D eigenvalue weighted by Crippen LogP contribution is -2.62. The van der Waals surface area contributed by atoms with Crippen LogP contribution < -0.4 is 0 Å². The number of fused-ring (bicyclic) bond motifs is 5. The summed E-state index contributed by atoms with van der Waals surface area (Å²) in [6, 6.07) is 0. The minimum absolute atomic E-state index is 0.0171. The van der Waals surface area contributed by atoms with Crippen molar-refractivity contribution in [2.75, 3.05) is 13.2 Å². The van der Waals surface area contributed by atoms with E-state index in [-0.39, 0.29) is 41.2 Å². The lowest BCUT2D eigenvalue weighted by Gasteiger charge is -2.64. The maximum atomic E-state index is 12.5. The Balaban J connectivity index is 0.958. The Morgan fingerprint density at radius 3 is 2.38 bits per heavy atom. The molecule has 47 heavy (non-hydrogen) atoms. The second-order valence-corrected chi connectivity index (χ2v) is 16.2. The lowest BCUT2D eigenvalue weighted by molar-refractivity contribution is -0.344. The molecule has 4 saturated carbocycles. The number of cyclic esters (lactones) is 1. The van der Waals surface area contributed by atoms with Crippen molar-refractivity contribution in [3.8, 4) is 0 Å². The lowest BCUT2D eigenvalue weighted by atomic mass is 9.43. The highest BCUT2D eigenvalue weighted by Crippen LogP contribution is 2.70. The molecule has 12 heteroatoms. The topological polar surface area (TPSA) is 185 Å². The van der Waals surface area contributed by atoms with E-state index in [1.807, 2.05) is 0 Å². The molecule has 0 unspecified atom stereocenters. The van der Waals surface area contributed by atoms with Crippen LogP contribution in [0, 0.1) is 34.5 Å². The van der Waals surface area contributed by atoms with Crippen molar-refractivity contribution in [3.05, 3.63) is 11.6 Å². The van der Waals surface area contributed by atoms with Gasteiger partial charge in [-0.05, 0) is 99.4 Å². The Kier molecular flexibility index (Phi) is 9.14. The predicted octanol–water partition coefficient (Wildman–Crippen LogP) is 1.31. The van der Waals surface area contributed by atoms with Crippen LogP contribution in [0.15, 0.2) is 11.6 Å². The molecule has 12 nitrogen and oxygen atoms in total. The van der Waals surface area contributed by atoms with Gasteiger partial charge < -0.3 is 54.3 Å². The van der Waals surface area contributed by atoms with E-state index in [1.54, 1.807) is 13.0 Å². The van der Waals surface area contributed by atoms with Crippen molar-refractivity contribution in [2.24, 2.45) is 34.5 Å². The van der Waals surface area contributed by atoms with Gasteiger partial charge in [-0.2, -0.15) is 0 Å². The van der Waals surface area contributed by atoms with Gasteiger partial charge in [0.2, 0.25) is 0 Å². The Hall–Kier alpha value is -1.19. The van der Waals surface area contributed by atoms with Crippen LogP contribution in [0.3, 0.4) is 0 Å². The van der Waals surface area contributed by atoms with E-state index in [0.29, 0.717) is 18.4 Å². The quantitative estimate of drug-likeness (QED) is 0.177. The summed E-state index contributed by atoms with van der Waals surface area (Å²) in [5.41, 5.74) is 0.164. The molecule has 2 saturated heterocycles. The van der Waals surface area contributed by atoms with Gasteiger partial charge in [0.05, 0.1) is 30.5 Å². The van der Waals surface area contributed by atoms with E-state index in [2.05, 4.69) is 13.8 Å². The van der Waals surface area contributed by atoms with Crippen molar-refractivity contribution in [2.45, 2.75) is 152 Å². The van der Waals surface area contributed by atoms with Gasteiger partial charge in [-0.1, -0.05) is 13.8 Å². The van der Waals surface area contributed by atoms with E-state index in [9.17, 15) is 35.4 Å². The third kappa shape index (κ3) is 5.53. The standard InChI is InChI=1S/C35H54O12/c1-17-31(47-32-30(41)29(40)28(39)25(15-36)46-32)24(37)14-27(44-17)45-20-6-9-33(2)19(13-20)4-5-23-22(33)7-10-34(3)21(8-11-35(23,34)42)18-12-26(38)43-16-18/h12,17,19-25,27-32,36-37,39-42H,4-11,13-16H2,1-3H3/t17-,19-,20+,21-,22+,23-,24+,25-,27+,28-,29+,30-,31+,32+,33+,34-,35+/m1/s1. The minimum atomic E-state index is -1.57. The first-order valence-electron chi connectivity index (χ1n) is 17.8. The van der Waals surface area contributed by atoms with E-state index in [4.69, 9.17) is 23.7 Å². The average Bonchev–Trinajstić information content (AvgIpc) is 3.58. The maximum absolute atomic E-state index is 12.5. The summed E-state index contributed by atoms with van der Waals surface area (Å²) < 4.78 is 29.2. The number of rotatable bonds is 6. The molecule has 266 valence electrons. The van der Waals surface area contributed by atoms with Crippen LogP contribution in [0.2, 0.25) is 0 Å². The molecule has 0 spiro atoms. The van der Waals surface area contributed by atoms with E-state index in [1.165, 1.54) is 0 Å². The summed E-state index contributed by atoms with van der Waals surface area (Å²) in [5.74, 6) is 1.06. The largest absolute Gasteiger partial charge is 0.458 e. The van der Waals surface area contributed by atoms with Crippen molar-refractivity contribution in [1.82, 2.24) is 0 Å². The number of aliphatic hydroxyl groups excluding tert-OH is 5. The number of carbonyl (C=O) groups is 1. The highest BCUT2D eigenvalue weighted by molar-refractivity contribution is 5.85. The fraction of sp³-hybridized carbons (Fsp3) is 0.914. The van der Waals surface area contributed by atoms with Crippen molar-refractivity contribution >= 4 is 5.97 Å². The van der Waals surface area contributed by atoms with E-state index >= 15 is 0 Å². The summed E-state index contributed by atoms with van der Waals surface area (Å²) in [6.45, 7) is 6.22. The summed E-state index contributed by atoms with van der Waals surface area (Å²) in [7, 11) is 0. The van der Waals surface area contributed by atoms with Crippen molar-refractivity contribution in [1.29, 1.82) is 0 Å². The smallest absolute Gasteiger partial charge is 0.331 e. The first kappa shape index (κ1) is 34.3. The molecule has 3 aliphatic heterocycles. The Morgan fingerprint density at radius 2 is 1.68 bits per heavy atom. The minimum Gasteiger partial charge on any atom is -0.458 e. The maximum Gasteiger partial charge on any atom is 0.331 e. The van der Waals surface area contributed by atoms with Crippen LogP contribution in [0.25, 0.3) is 0 Å². The number of hydrogen-bond acceptors (Lipinski definition) is 12. The average molecular weight is 667 g/mol. The number of hydrogen-bond donors (Lipinski definition) is 6. The summed E-state index contributed by atoms with van der Waals surface area (Å²) in [6.07, 6.45) is 0.0861. The van der Waals surface area contributed by atoms with E-state index < -0.39 is 67.5 Å². The molecule has 0 amide bonds. The molecular weight excluding hydrogens is 612 g/mol. The van der Waals surface area contributed by atoms with Crippen LogP contribution in [0.4, 0.5) is 0 Å². The second-order valence-electron chi connectivity index (χ2n) is 16.2. The summed E-state index contributed by atoms with van der Waals surface area (Å²) in [5, 5.41) is 63.6. The summed E-state index contributed by atoms with van der Waals surface area (Å²) in [4.78, 5) is 11.9. The van der Waals surface area contributed by atoms with Crippen LogP contribution in [0.1, 0.15) is 85.0 Å². The van der Waals surface area contributed by atoms with Crippen LogP contribution in [-0.2, 0) is 28.5 Å². The molecule has 0 aromatic heterocycles. The second kappa shape index (κ2) is 12.5. The number of esters is 1. The molecule has 6 N–H and O–H groups in total. The molecule has 0 radical (unpaired) electrons. The fourth-order valence-corrected chi connectivity index (χ4v) is 11.3. The molecule has 7 rings (SSSR count). The predicted molar refractivity (Wildman–Crippen MR) is 164 cm³/mol. The monoisotopic (exact) mass is 666 g/mol. The van der Waals surface area contributed by atoms with Crippen LogP contribution >= 0.6 is 0 Å². The molecule has 4 aliphatic carbocycles. The number of carbonyl (C=O) groups excluding carboxylic acids is 1. The number of aliphatic hydroxyl groups is 6. The molecular formula is C35H54O12. The van der Waals surface area contributed by atoms with Gasteiger partial charge in [-0.25, -0.2) is 4.79 Å². The van der Waals surface area contributed by atoms with Gasteiger partial charge in [0.1, 0.15) is 37.1 Å². The molecule has 17 atom stereocenters. The zero-order valence-electron chi connectivity index (χ0n) is 27.8. The first-order valence-corrected chi connectivity index (χ1v) is 17.8. The molecule has 0 bridgehead atoms. The highest BCUT2D eigenvalue weighted by Gasteiger charge is 2.67. The van der Waals surface area contributed by atoms with Crippen LogP contribution in [-0.4, -0.2) is 117 Å². The first-order chi connectivity index (χ1) is 22.3. The Bertz CT molecular complexity index is 1200. The Morgan fingerprint density at radius 1 is 0.894 bits per heavy atom. The molecule has 0 aromatic rings. The zero-order valence-corrected chi connectivity index (χ0v) is 27.8. The zero-order chi connectivity index (χ0) is 33.5. The third-order valence-corrected chi connectivity index (χ3v) is 14.1. The number of ether oxygens (including phenoxy) is 5. The SMILES string of the molecule is C[C@H]1O[C@@H](O[C@H]2CC[C@@]3(C)[C@H](CC[C@@H]4[C@@H]3CC[C@]3(C)[C@@H](C5=CC(=O)OC5)CC[C@]43O)C2)C[C@H](O)[C@H]1O[C@@H]1O[C@H](CO)[C@@H](O)[C@H](O)[C@H]1O.